The van der Waals surface area contributed by atoms with E-state index >= 15 is 0 Å². The van der Waals surface area contributed by atoms with E-state index in [9.17, 15) is 27.9 Å². The Morgan fingerprint density at radius 1 is 1.15 bits per heavy atom. The molecule has 170 valence electrons. The summed E-state index contributed by atoms with van der Waals surface area (Å²) in [7, 11) is -2.81. The predicted molar refractivity (Wildman–Crippen MR) is 127 cm³/mol. The van der Waals surface area contributed by atoms with Crippen LogP contribution in [0.25, 0.3) is 16.6 Å². The fraction of sp³-hybridized carbons (Fsp3) is 0.0500. The maximum absolute atomic E-state index is 13.2. The Hall–Kier alpha value is -3.12. The molecule has 0 fully saturated rings. The molecule has 2 N–H and O–H groups in total. The van der Waals surface area contributed by atoms with Crippen LogP contribution >= 0.6 is 34.5 Å². The number of benzene rings is 2. The molecule has 0 amide bonds. The molecule has 0 aliphatic heterocycles. The molecule has 33 heavy (non-hydrogen) atoms. The van der Waals surface area contributed by atoms with Gasteiger partial charge in [0.2, 0.25) is 0 Å². The lowest BCUT2D eigenvalue weighted by atomic mass is 10.2. The van der Waals surface area contributed by atoms with Crippen LogP contribution in [0, 0.1) is 0 Å². The lowest BCUT2D eigenvalue weighted by molar-refractivity contribution is 0.0704. The van der Waals surface area contributed by atoms with Crippen molar-refractivity contribution in [3.63, 3.8) is 0 Å². The lowest BCUT2D eigenvalue weighted by Crippen LogP contribution is -2.34. The summed E-state index contributed by atoms with van der Waals surface area (Å²) in [6.07, 6.45) is 0. The van der Waals surface area contributed by atoms with Gasteiger partial charge in [-0.25, -0.2) is 22.6 Å². The molecule has 4 aromatic rings. The molecule has 2 aromatic carbocycles. The van der Waals surface area contributed by atoms with Gasteiger partial charge in [-0.05, 0) is 36.4 Å². The number of halogens is 2. The van der Waals surface area contributed by atoms with E-state index in [-0.39, 0.29) is 31.4 Å². The number of carboxylic acid groups (broad SMARTS) is 1. The fourth-order valence-electron chi connectivity index (χ4n) is 3.21. The van der Waals surface area contributed by atoms with Crippen molar-refractivity contribution in [3.05, 3.63) is 83.6 Å². The number of carbonyl (C=O) groups is 1. The number of aromatic nitrogens is 2. The number of rotatable bonds is 5. The number of thiophene rings is 1. The van der Waals surface area contributed by atoms with Crippen molar-refractivity contribution < 1.29 is 18.3 Å². The summed E-state index contributed by atoms with van der Waals surface area (Å²) in [5.41, 5.74) is -1.70. The van der Waals surface area contributed by atoms with Crippen molar-refractivity contribution in [2.24, 2.45) is 0 Å². The summed E-state index contributed by atoms with van der Waals surface area (Å²) >= 11 is 13.0. The summed E-state index contributed by atoms with van der Waals surface area (Å²) in [6.45, 7) is 0. The van der Waals surface area contributed by atoms with Crippen LogP contribution in [-0.4, -0.2) is 36.1 Å². The molecule has 0 aliphatic carbocycles. The highest BCUT2D eigenvalue weighted by molar-refractivity contribution is 7.92. The molecule has 0 aliphatic rings. The molecule has 2 heterocycles. The van der Waals surface area contributed by atoms with Crippen LogP contribution < -0.4 is 15.6 Å². The number of nitrogens with one attached hydrogen (secondary N) is 1. The lowest BCUT2D eigenvalue weighted by Gasteiger charge is -2.20. The summed E-state index contributed by atoms with van der Waals surface area (Å²) in [4.78, 5) is 39.2. The molecule has 0 spiro atoms. The first-order valence-corrected chi connectivity index (χ1v) is 12.1. The Morgan fingerprint density at radius 3 is 2.55 bits per heavy atom. The Balaban J connectivity index is 1.93. The first-order chi connectivity index (χ1) is 15.5. The van der Waals surface area contributed by atoms with Crippen LogP contribution in [0.1, 0.15) is 9.67 Å². The number of carboxylic acids is 1. The molecule has 9 nitrogen and oxygen atoms in total. The second-order valence-corrected chi connectivity index (χ2v) is 10.5. The molecule has 0 radical (unpaired) electrons. The van der Waals surface area contributed by atoms with Crippen LogP contribution in [0.5, 0.6) is 0 Å². The van der Waals surface area contributed by atoms with Gasteiger partial charge in [-0.1, -0.05) is 29.3 Å². The minimum absolute atomic E-state index is 0.0595. The van der Waals surface area contributed by atoms with E-state index in [0.29, 0.717) is 15.3 Å². The van der Waals surface area contributed by atoms with Gasteiger partial charge in [-0.2, -0.15) is 0 Å². The number of nitrogens with zero attached hydrogens (tertiary/aromatic N) is 2. The first-order valence-electron chi connectivity index (χ1n) is 9.06. The second kappa shape index (κ2) is 8.34. The van der Waals surface area contributed by atoms with Crippen molar-refractivity contribution >= 4 is 67.1 Å². The van der Waals surface area contributed by atoms with Crippen LogP contribution in [0.2, 0.25) is 10.0 Å². The molecule has 13 heteroatoms. The van der Waals surface area contributed by atoms with Crippen molar-refractivity contribution in [1.82, 2.24) is 9.55 Å². The van der Waals surface area contributed by atoms with Crippen molar-refractivity contribution in [1.29, 1.82) is 0 Å². The second-order valence-electron chi connectivity index (χ2n) is 6.79. The average Bonchev–Trinajstić information content (AvgIpc) is 3.18. The van der Waals surface area contributed by atoms with Gasteiger partial charge in [0.1, 0.15) is 4.88 Å². The topological polar surface area (TPSA) is 130 Å². The maximum atomic E-state index is 13.2. The summed E-state index contributed by atoms with van der Waals surface area (Å²) in [5, 5.41) is 10.7. The van der Waals surface area contributed by atoms with Crippen LogP contribution in [0.15, 0.2) is 62.3 Å². The molecule has 0 saturated carbocycles. The Bertz CT molecular complexity index is 1660. The zero-order chi connectivity index (χ0) is 24.1. The molecule has 0 atom stereocenters. The Kier molecular flexibility index (Phi) is 5.83. The van der Waals surface area contributed by atoms with Gasteiger partial charge in [0.05, 0.1) is 32.2 Å². The maximum Gasteiger partial charge on any atom is 0.346 e. The number of hydrogen-bond acceptors (Lipinski definition) is 6. The summed E-state index contributed by atoms with van der Waals surface area (Å²) in [5.74, 6) is -1.34. The van der Waals surface area contributed by atoms with E-state index < -0.39 is 27.2 Å². The highest BCUT2D eigenvalue weighted by Gasteiger charge is 2.25. The molecular formula is C20H13Cl2N3O6S2. The molecule has 0 unspecified atom stereocenters. The first kappa shape index (κ1) is 23.1. The van der Waals surface area contributed by atoms with E-state index in [1.165, 1.54) is 30.6 Å². The van der Waals surface area contributed by atoms with E-state index in [1.54, 1.807) is 18.2 Å². The van der Waals surface area contributed by atoms with E-state index in [4.69, 9.17) is 23.2 Å². The Labute approximate surface area is 200 Å². The zero-order valence-electron chi connectivity index (χ0n) is 16.6. The third kappa shape index (κ3) is 3.93. The SMILES string of the molecule is CN(c1cccc(Cl)c1)S(=O)(=O)c1ccc(Cl)c(-n2c(=O)[nH]c3csc(C(=O)O)c3c2=O)c1. The van der Waals surface area contributed by atoms with Crippen molar-refractivity contribution in [3.8, 4) is 5.69 Å². The number of H-pyrrole nitrogens is 1. The van der Waals surface area contributed by atoms with Gasteiger partial charge >= 0.3 is 11.7 Å². The minimum atomic E-state index is -4.14. The van der Waals surface area contributed by atoms with Gasteiger partial charge < -0.3 is 10.1 Å². The summed E-state index contributed by atoms with van der Waals surface area (Å²) in [6, 6.07) is 9.73. The zero-order valence-corrected chi connectivity index (χ0v) is 19.7. The highest BCUT2D eigenvalue weighted by atomic mass is 35.5. The molecule has 2 aromatic heterocycles. The third-order valence-corrected chi connectivity index (χ3v) is 8.14. The third-order valence-electron chi connectivity index (χ3n) is 4.84. The minimum Gasteiger partial charge on any atom is -0.477 e. The normalized spacial score (nSPS) is 11.6. The van der Waals surface area contributed by atoms with Gasteiger partial charge in [0, 0.05) is 17.5 Å². The fourth-order valence-corrected chi connectivity index (χ4v) is 5.63. The van der Waals surface area contributed by atoms with Crippen molar-refractivity contribution in [2.75, 3.05) is 11.4 Å². The molecule has 4 rings (SSSR count). The molecule has 0 bridgehead atoms. The standard InChI is InChI=1S/C20H13Cl2N3O6S2/c1-24(11-4-2-3-10(21)7-11)33(30,31)12-5-6-13(22)15(8-12)25-18(26)16-14(23-20(25)29)9-32-17(16)19(27)28/h2-9H,1H3,(H,23,29)(H,27,28). The highest BCUT2D eigenvalue weighted by Crippen LogP contribution is 2.28. The molecule has 0 saturated heterocycles. The number of aromatic amines is 1. The smallest absolute Gasteiger partial charge is 0.346 e. The van der Waals surface area contributed by atoms with Gasteiger partial charge in [-0.3, -0.25) is 9.10 Å². The summed E-state index contributed by atoms with van der Waals surface area (Å²) < 4.78 is 28.0. The largest absolute Gasteiger partial charge is 0.477 e. The Morgan fingerprint density at radius 2 is 1.88 bits per heavy atom. The number of aromatic carboxylic acids is 1. The quantitative estimate of drug-likeness (QED) is 0.409. The van der Waals surface area contributed by atoms with Crippen LogP contribution in [0.4, 0.5) is 5.69 Å². The average molecular weight is 526 g/mol. The van der Waals surface area contributed by atoms with Gasteiger partial charge in [0.15, 0.2) is 0 Å². The van der Waals surface area contributed by atoms with Gasteiger partial charge in [-0.15, -0.1) is 11.3 Å². The molecular weight excluding hydrogens is 513 g/mol. The van der Waals surface area contributed by atoms with E-state index in [0.717, 1.165) is 21.7 Å². The van der Waals surface area contributed by atoms with E-state index in [2.05, 4.69) is 4.98 Å². The van der Waals surface area contributed by atoms with Crippen LogP contribution in [0.3, 0.4) is 0 Å². The number of sulfonamides is 1. The van der Waals surface area contributed by atoms with Crippen molar-refractivity contribution in [2.45, 2.75) is 4.90 Å². The van der Waals surface area contributed by atoms with E-state index in [1.807, 2.05) is 0 Å². The monoisotopic (exact) mass is 525 g/mol. The van der Waals surface area contributed by atoms with Crippen LogP contribution in [-0.2, 0) is 10.0 Å². The predicted octanol–water partition coefficient (Wildman–Crippen LogP) is 3.57. The number of anilines is 1. The van der Waals surface area contributed by atoms with Gasteiger partial charge in [0.25, 0.3) is 15.6 Å². The number of fused-ring (bicyclic) bond motifs is 1. The number of hydrogen-bond donors (Lipinski definition) is 2.